The lowest BCUT2D eigenvalue weighted by Crippen LogP contribution is -2.29. The summed E-state index contributed by atoms with van der Waals surface area (Å²) in [6, 6.07) is 1.74. The minimum absolute atomic E-state index is 0.104. The molecule has 2 N–H and O–H groups in total. The molecule has 0 aromatic carbocycles. The van der Waals surface area contributed by atoms with Gasteiger partial charge in [0.1, 0.15) is 4.34 Å². The van der Waals surface area contributed by atoms with E-state index in [1.807, 2.05) is 6.92 Å². The molecule has 1 rings (SSSR count). The molecule has 6 heteroatoms. The lowest BCUT2D eigenvalue weighted by atomic mass is 10.3. The Labute approximate surface area is 103 Å². The van der Waals surface area contributed by atoms with Gasteiger partial charge in [-0.25, -0.2) is 0 Å². The maximum absolute atomic E-state index is 11.6. The van der Waals surface area contributed by atoms with Crippen LogP contribution in [0.4, 0.5) is 0 Å². The largest absolute Gasteiger partial charge is 0.359 e. The van der Waals surface area contributed by atoms with Crippen LogP contribution >= 0.6 is 22.9 Å². The molecule has 16 heavy (non-hydrogen) atoms. The molecule has 1 aromatic heterocycles. The van der Waals surface area contributed by atoms with E-state index in [0.717, 1.165) is 4.88 Å². The Morgan fingerprint density at radius 3 is 2.69 bits per heavy atom. The topological polar surface area (TPSA) is 58.2 Å². The fourth-order valence-corrected chi connectivity index (χ4v) is 2.38. The van der Waals surface area contributed by atoms with Gasteiger partial charge in [0.2, 0.25) is 5.91 Å². The first-order valence-electron chi connectivity index (χ1n) is 4.79. The van der Waals surface area contributed by atoms with Gasteiger partial charge in [-0.3, -0.25) is 9.59 Å². The second-order valence-electron chi connectivity index (χ2n) is 3.22. The van der Waals surface area contributed by atoms with E-state index < -0.39 is 0 Å². The molecule has 0 bridgehead atoms. The zero-order valence-corrected chi connectivity index (χ0v) is 10.7. The Bertz CT molecular complexity index is 404. The molecule has 0 aliphatic rings. The van der Waals surface area contributed by atoms with E-state index in [0.29, 0.717) is 16.4 Å². The highest BCUT2D eigenvalue weighted by Crippen LogP contribution is 2.26. The highest BCUT2D eigenvalue weighted by molar-refractivity contribution is 7.16. The molecule has 0 aliphatic heterocycles. The molecule has 1 aromatic rings. The minimum Gasteiger partial charge on any atom is -0.359 e. The summed E-state index contributed by atoms with van der Waals surface area (Å²) < 4.78 is 0.481. The average Bonchev–Trinajstić information content (AvgIpc) is 2.57. The van der Waals surface area contributed by atoms with Crippen molar-refractivity contribution in [2.24, 2.45) is 0 Å². The van der Waals surface area contributed by atoms with Gasteiger partial charge in [0.25, 0.3) is 5.91 Å². The van der Waals surface area contributed by atoms with Crippen molar-refractivity contribution in [3.05, 3.63) is 20.8 Å². The number of thiophene rings is 1. The second kappa shape index (κ2) is 5.86. The highest BCUT2D eigenvalue weighted by atomic mass is 35.5. The van der Waals surface area contributed by atoms with Crippen molar-refractivity contribution < 1.29 is 9.59 Å². The van der Waals surface area contributed by atoms with Gasteiger partial charge in [0, 0.05) is 24.9 Å². The number of hydrogen-bond donors (Lipinski definition) is 2. The first-order valence-corrected chi connectivity index (χ1v) is 5.98. The van der Waals surface area contributed by atoms with Crippen LogP contribution in [0.5, 0.6) is 0 Å². The van der Waals surface area contributed by atoms with E-state index in [4.69, 9.17) is 11.6 Å². The van der Waals surface area contributed by atoms with Crippen LogP contribution in [-0.4, -0.2) is 25.4 Å². The van der Waals surface area contributed by atoms with Crippen LogP contribution < -0.4 is 10.6 Å². The SMILES string of the molecule is CNC(=O)CCNC(=O)c1cc(C)sc1Cl. The molecule has 1 heterocycles. The highest BCUT2D eigenvalue weighted by Gasteiger charge is 2.12. The summed E-state index contributed by atoms with van der Waals surface area (Å²) in [5.74, 6) is -0.342. The van der Waals surface area contributed by atoms with Crippen LogP contribution in [0.25, 0.3) is 0 Å². The number of carbonyl (C=O) groups is 2. The van der Waals surface area contributed by atoms with Crippen LogP contribution in [0.3, 0.4) is 0 Å². The molecule has 2 amide bonds. The van der Waals surface area contributed by atoms with Crippen molar-refractivity contribution in [3.63, 3.8) is 0 Å². The van der Waals surface area contributed by atoms with E-state index in [1.54, 1.807) is 13.1 Å². The summed E-state index contributed by atoms with van der Waals surface area (Å²) in [5.41, 5.74) is 0.473. The van der Waals surface area contributed by atoms with Gasteiger partial charge in [-0.15, -0.1) is 11.3 Å². The summed E-state index contributed by atoms with van der Waals surface area (Å²) in [6.45, 7) is 2.20. The lowest BCUT2D eigenvalue weighted by molar-refractivity contribution is -0.120. The van der Waals surface area contributed by atoms with E-state index in [1.165, 1.54) is 11.3 Å². The molecule has 0 saturated heterocycles. The summed E-state index contributed by atoms with van der Waals surface area (Å²) in [4.78, 5) is 23.5. The monoisotopic (exact) mass is 260 g/mol. The van der Waals surface area contributed by atoms with Crippen LogP contribution in [0.1, 0.15) is 21.7 Å². The lowest BCUT2D eigenvalue weighted by Gasteiger charge is -2.03. The van der Waals surface area contributed by atoms with E-state index in [-0.39, 0.29) is 18.2 Å². The van der Waals surface area contributed by atoms with Crippen molar-refractivity contribution in [2.75, 3.05) is 13.6 Å². The maximum Gasteiger partial charge on any atom is 0.253 e. The smallest absolute Gasteiger partial charge is 0.253 e. The second-order valence-corrected chi connectivity index (χ2v) is 5.08. The molecular formula is C10H13ClN2O2S. The zero-order chi connectivity index (χ0) is 12.1. The first-order chi connectivity index (χ1) is 7.54. The third-order valence-corrected chi connectivity index (χ3v) is 3.25. The van der Waals surface area contributed by atoms with Gasteiger partial charge in [-0.2, -0.15) is 0 Å². The minimum atomic E-state index is -0.238. The molecule has 0 aliphatic carbocycles. The number of rotatable bonds is 4. The number of amides is 2. The number of carbonyl (C=O) groups excluding carboxylic acids is 2. The summed E-state index contributed by atoms with van der Waals surface area (Å²) in [6.07, 6.45) is 0.267. The number of nitrogens with one attached hydrogen (secondary N) is 2. The van der Waals surface area contributed by atoms with E-state index in [2.05, 4.69) is 10.6 Å². The van der Waals surface area contributed by atoms with Gasteiger partial charge in [-0.05, 0) is 13.0 Å². The fraction of sp³-hybridized carbons (Fsp3) is 0.400. The Hall–Kier alpha value is -1.07. The van der Waals surface area contributed by atoms with E-state index >= 15 is 0 Å². The molecule has 0 fully saturated rings. The standard InChI is InChI=1S/C10H13ClN2O2S/c1-6-5-7(9(11)16-6)10(15)13-4-3-8(14)12-2/h5H,3-4H2,1-2H3,(H,12,14)(H,13,15). The maximum atomic E-state index is 11.6. The Morgan fingerprint density at radius 2 is 2.19 bits per heavy atom. The summed E-state index contributed by atoms with van der Waals surface area (Å²) in [5, 5.41) is 5.12. The summed E-state index contributed by atoms with van der Waals surface area (Å²) in [7, 11) is 1.56. The van der Waals surface area contributed by atoms with Crippen molar-refractivity contribution in [1.29, 1.82) is 0 Å². The van der Waals surface area contributed by atoms with Gasteiger partial charge in [0.05, 0.1) is 5.56 Å². The number of hydrogen-bond acceptors (Lipinski definition) is 3. The number of halogens is 1. The Kier molecular flexibility index (Phi) is 4.76. The predicted octanol–water partition coefficient (Wildman–Crippen LogP) is 1.58. The van der Waals surface area contributed by atoms with Gasteiger partial charge in [-0.1, -0.05) is 11.6 Å². The predicted molar refractivity (Wildman–Crippen MR) is 65.1 cm³/mol. The third kappa shape index (κ3) is 3.50. The molecular weight excluding hydrogens is 248 g/mol. The molecule has 4 nitrogen and oxygen atoms in total. The Morgan fingerprint density at radius 1 is 1.50 bits per heavy atom. The van der Waals surface area contributed by atoms with Gasteiger partial charge in [0.15, 0.2) is 0 Å². The quantitative estimate of drug-likeness (QED) is 0.864. The Balaban J connectivity index is 2.47. The van der Waals surface area contributed by atoms with Gasteiger partial charge >= 0.3 is 0 Å². The van der Waals surface area contributed by atoms with Crippen LogP contribution in [-0.2, 0) is 4.79 Å². The normalized spacial score (nSPS) is 9.94. The molecule has 0 unspecified atom stereocenters. The van der Waals surface area contributed by atoms with Gasteiger partial charge < -0.3 is 10.6 Å². The summed E-state index contributed by atoms with van der Waals surface area (Å²) >= 11 is 7.25. The van der Waals surface area contributed by atoms with Crippen molar-refractivity contribution in [2.45, 2.75) is 13.3 Å². The molecule has 0 spiro atoms. The molecule has 0 radical (unpaired) electrons. The number of aryl methyl sites for hydroxylation is 1. The molecule has 0 atom stereocenters. The van der Waals surface area contributed by atoms with Crippen molar-refractivity contribution in [1.82, 2.24) is 10.6 Å². The molecule has 88 valence electrons. The van der Waals surface area contributed by atoms with Crippen molar-refractivity contribution >= 4 is 34.8 Å². The van der Waals surface area contributed by atoms with Crippen LogP contribution in [0.2, 0.25) is 4.34 Å². The molecule has 0 saturated carbocycles. The zero-order valence-electron chi connectivity index (χ0n) is 9.09. The van der Waals surface area contributed by atoms with E-state index in [9.17, 15) is 9.59 Å². The van der Waals surface area contributed by atoms with Crippen LogP contribution in [0, 0.1) is 6.92 Å². The average molecular weight is 261 g/mol. The third-order valence-electron chi connectivity index (χ3n) is 1.97. The fourth-order valence-electron chi connectivity index (χ4n) is 1.15. The van der Waals surface area contributed by atoms with Crippen LogP contribution in [0.15, 0.2) is 6.07 Å². The van der Waals surface area contributed by atoms with Crippen molar-refractivity contribution in [3.8, 4) is 0 Å². The first kappa shape index (κ1) is 13.0.